The topological polar surface area (TPSA) is 48.1 Å². The van der Waals surface area contributed by atoms with E-state index in [2.05, 4.69) is 160 Å². The first-order valence-corrected chi connectivity index (χ1v) is 35.6. The van der Waals surface area contributed by atoms with Crippen LogP contribution in [-0.2, 0) is 0 Å². The van der Waals surface area contributed by atoms with Crippen molar-refractivity contribution >= 4 is 0 Å². The van der Waals surface area contributed by atoms with E-state index in [1.54, 1.807) is 0 Å². The van der Waals surface area contributed by atoms with E-state index < -0.39 is 0 Å². The number of hydrogen-bond acceptors (Lipinski definition) is 4. The molecule has 0 aliphatic carbocycles. The Hall–Kier alpha value is -0.160. The molecule has 4 aliphatic heterocycles. The van der Waals surface area contributed by atoms with Crippen molar-refractivity contribution in [1.29, 1.82) is 0 Å². The maximum Gasteiger partial charge on any atom is 0.0132 e. The van der Waals surface area contributed by atoms with Crippen molar-refractivity contribution in [1.82, 2.24) is 21.3 Å². The Bertz CT molecular complexity index is 1350. The summed E-state index contributed by atoms with van der Waals surface area (Å²) in [6, 6.07) is 0. The minimum atomic E-state index is 0.322. The van der Waals surface area contributed by atoms with E-state index in [4.69, 9.17) is 0 Å². The number of hydrogen-bond donors (Lipinski definition) is 4. The molecule has 0 unspecified atom stereocenters. The molecule has 4 fully saturated rings. The molecule has 0 radical (unpaired) electrons. The summed E-state index contributed by atoms with van der Waals surface area (Å²) in [4.78, 5) is 0. The fraction of sp³-hybridized carbons (Fsp3) is 1.00. The zero-order chi connectivity index (χ0) is 58.8. The maximum atomic E-state index is 3.81. The third-order valence-corrected chi connectivity index (χ3v) is 18.5. The minimum Gasteiger partial charge on any atom is -0.307 e. The molecule has 4 N–H and O–H groups in total. The van der Waals surface area contributed by atoms with Crippen LogP contribution in [0, 0.1) is 23.7 Å². The summed E-state index contributed by atoms with van der Waals surface area (Å²) in [6.45, 7) is 47.0. The highest BCUT2D eigenvalue weighted by Gasteiger charge is 2.40. The lowest BCUT2D eigenvalue weighted by molar-refractivity contribution is 0.121. The van der Waals surface area contributed by atoms with Crippen LogP contribution in [0.5, 0.6) is 0 Å². The highest BCUT2D eigenvalue weighted by atomic mass is 15.1. The van der Waals surface area contributed by atoms with Gasteiger partial charge in [-0.15, -0.1) is 0 Å². The highest BCUT2D eigenvalue weighted by Crippen LogP contribution is 2.39. The first-order valence-electron chi connectivity index (χ1n) is 35.6. The molecule has 0 bridgehead atoms. The molecule has 4 heteroatoms. The van der Waals surface area contributed by atoms with Crippen LogP contribution in [-0.4, -0.2) is 44.3 Å². The second-order valence-electron chi connectivity index (χ2n) is 33.0. The molecular weight excluding hydrogens is 945 g/mol. The Kier molecular flexibility index (Phi) is 38.4. The molecule has 0 saturated carbocycles. The van der Waals surface area contributed by atoms with Gasteiger partial charge >= 0.3 is 0 Å². The first kappa shape index (κ1) is 75.9. The van der Waals surface area contributed by atoms with Crippen LogP contribution in [0.25, 0.3) is 0 Å². The summed E-state index contributed by atoms with van der Waals surface area (Å²) in [5, 5.41) is 15.1. The van der Waals surface area contributed by atoms with E-state index in [0.29, 0.717) is 44.3 Å². The van der Waals surface area contributed by atoms with Gasteiger partial charge in [0.25, 0.3) is 0 Å². The lowest BCUT2D eigenvalue weighted by atomic mass is 9.74. The average molecular weight is 1100 g/mol. The number of piperidine rings is 4. The second-order valence-corrected chi connectivity index (χ2v) is 33.0. The van der Waals surface area contributed by atoms with Crippen molar-refractivity contribution in [2.24, 2.45) is 23.7 Å². The molecule has 4 rings (SSSR count). The van der Waals surface area contributed by atoms with Crippen molar-refractivity contribution in [3.8, 4) is 0 Å². The lowest BCUT2D eigenvalue weighted by Crippen LogP contribution is -2.57. The fourth-order valence-electron chi connectivity index (χ4n) is 16.9. The molecule has 0 aromatic rings. The largest absolute Gasteiger partial charge is 0.307 e. The standard InChI is InChI=1S/C25H51N.C19H39N.C17H35N.C13H27N/c1-6-7-8-9-10-11-12-13-14-15-16-17-18-19-20-23-21-24(2,3)26-25(4,5)22-23;1-6-7-8-9-10-11-12-13-14-17-15-18(2,3)20-19(4,5)16-17;1-6-7-8-9-10-11-12-15-13-16(2,3)18-17(4,5)14-15;1-6-7-8-11-9-12(2,3)14-13(4,5)10-11/h23,26H,6-22H2,1-5H3;17,20H,6-16H2,1-5H3;15,18H,6-14H2,1-5H3;11,14H,6-10H2,1-5H3. The zero-order valence-corrected chi connectivity index (χ0v) is 58.0. The van der Waals surface area contributed by atoms with Gasteiger partial charge in [-0.3, -0.25) is 0 Å². The van der Waals surface area contributed by atoms with Gasteiger partial charge < -0.3 is 21.3 Å². The van der Waals surface area contributed by atoms with Crippen LogP contribution in [0.15, 0.2) is 0 Å². The van der Waals surface area contributed by atoms with Gasteiger partial charge in [-0.05, 0) is 186 Å². The van der Waals surface area contributed by atoms with Crippen molar-refractivity contribution in [2.45, 2.75) is 452 Å². The molecule has 0 aromatic heterocycles. The normalized spacial score (nSPS) is 22.3. The molecule has 4 saturated heterocycles. The van der Waals surface area contributed by atoms with Crippen molar-refractivity contribution < 1.29 is 0 Å². The molecule has 4 aliphatic rings. The van der Waals surface area contributed by atoms with E-state index in [9.17, 15) is 0 Å². The Morgan fingerprint density at radius 2 is 0.321 bits per heavy atom. The van der Waals surface area contributed by atoms with Crippen molar-refractivity contribution in [3.63, 3.8) is 0 Å². The van der Waals surface area contributed by atoms with Gasteiger partial charge in [0.15, 0.2) is 0 Å². The van der Waals surface area contributed by atoms with Crippen LogP contribution in [0.3, 0.4) is 0 Å². The van der Waals surface area contributed by atoms with Crippen LogP contribution in [0.1, 0.15) is 408 Å². The predicted molar refractivity (Wildman–Crippen MR) is 356 cm³/mol. The minimum absolute atomic E-state index is 0.322. The van der Waals surface area contributed by atoms with Gasteiger partial charge in [0.2, 0.25) is 0 Å². The first-order chi connectivity index (χ1) is 36.4. The molecule has 468 valence electrons. The Morgan fingerprint density at radius 3 is 0.474 bits per heavy atom. The predicted octanol–water partition coefficient (Wildman–Crippen LogP) is 23.5. The van der Waals surface area contributed by atoms with Gasteiger partial charge in [-0.25, -0.2) is 0 Å². The lowest BCUT2D eigenvalue weighted by Gasteiger charge is -2.46. The summed E-state index contributed by atoms with van der Waals surface area (Å²) in [5.41, 5.74) is 2.62. The van der Waals surface area contributed by atoms with Gasteiger partial charge in [-0.2, -0.15) is 0 Å². The second kappa shape index (κ2) is 39.5. The molecule has 4 heterocycles. The monoisotopic (exact) mass is 1100 g/mol. The Balaban J connectivity index is 0.000000532. The highest BCUT2D eigenvalue weighted by molar-refractivity contribution is 5.00. The van der Waals surface area contributed by atoms with Crippen LogP contribution in [0.4, 0.5) is 0 Å². The SMILES string of the molecule is CCCCC1CC(C)(C)NC(C)(C)C1.CCCCCCCCC1CC(C)(C)NC(C)(C)C1.CCCCCCCCCCC1CC(C)(C)NC(C)(C)C1.CCCCCCCCCCCCCCCCC1CC(C)(C)NC(C)(C)C1. The third-order valence-electron chi connectivity index (χ3n) is 18.5. The number of unbranched alkanes of at least 4 members (excludes halogenated alkanes) is 26. The summed E-state index contributed by atoms with van der Waals surface area (Å²) in [5.74, 6) is 3.73. The zero-order valence-electron chi connectivity index (χ0n) is 58.0. The van der Waals surface area contributed by atoms with Gasteiger partial charge in [0, 0.05) is 44.3 Å². The summed E-state index contributed by atoms with van der Waals surface area (Å²) in [6.07, 6.45) is 59.9. The van der Waals surface area contributed by atoms with Crippen molar-refractivity contribution in [3.05, 3.63) is 0 Å². The number of nitrogens with one attached hydrogen (secondary N) is 4. The van der Waals surface area contributed by atoms with E-state index in [0.717, 1.165) is 23.7 Å². The summed E-state index contributed by atoms with van der Waals surface area (Å²) < 4.78 is 0. The molecule has 0 spiro atoms. The third kappa shape index (κ3) is 41.0. The summed E-state index contributed by atoms with van der Waals surface area (Å²) in [7, 11) is 0. The van der Waals surface area contributed by atoms with Gasteiger partial charge in [-0.1, -0.05) is 246 Å². The van der Waals surface area contributed by atoms with E-state index in [1.807, 2.05) is 0 Å². The number of rotatable bonds is 34. The molecule has 0 aromatic carbocycles. The van der Waals surface area contributed by atoms with Gasteiger partial charge in [0.1, 0.15) is 0 Å². The summed E-state index contributed by atoms with van der Waals surface area (Å²) >= 11 is 0. The maximum absolute atomic E-state index is 3.81. The average Bonchev–Trinajstić information content (AvgIpc) is 3.27. The van der Waals surface area contributed by atoms with Crippen LogP contribution < -0.4 is 21.3 Å². The van der Waals surface area contributed by atoms with Gasteiger partial charge in [0.05, 0.1) is 0 Å². The Morgan fingerprint density at radius 1 is 0.192 bits per heavy atom. The van der Waals surface area contributed by atoms with Crippen LogP contribution in [0.2, 0.25) is 0 Å². The Labute approximate surface area is 495 Å². The fourth-order valence-corrected chi connectivity index (χ4v) is 16.9. The smallest absolute Gasteiger partial charge is 0.0132 e. The molecule has 0 atom stereocenters. The van der Waals surface area contributed by atoms with Crippen LogP contribution >= 0.6 is 0 Å². The van der Waals surface area contributed by atoms with E-state index in [1.165, 1.54) is 270 Å². The van der Waals surface area contributed by atoms with Crippen molar-refractivity contribution in [2.75, 3.05) is 0 Å². The molecule has 0 amide bonds. The molecular formula is C74H152N4. The van der Waals surface area contributed by atoms with E-state index in [-0.39, 0.29) is 0 Å². The van der Waals surface area contributed by atoms with E-state index >= 15 is 0 Å². The molecule has 78 heavy (non-hydrogen) atoms. The quantitative estimate of drug-likeness (QED) is 0.0485. The molecule has 4 nitrogen and oxygen atoms in total.